The van der Waals surface area contributed by atoms with Gasteiger partial charge in [-0.2, -0.15) is 0 Å². The molecule has 168 valence electrons. The van der Waals surface area contributed by atoms with Gasteiger partial charge in [0.15, 0.2) is 11.5 Å². The van der Waals surface area contributed by atoms with Crippen LogP contribution in [0.2, 0.25) is 0 Å². The van der Waals surface area contributed by atoms with E-state index in [4.69, 9.17) is 9.47 Å². The molecule has 1 saturated heterocycles. The first kappa shape index (κ1) is 23.1. The maximum atomic E-state index is 12.7. The van der Waals surface area contributed by atoms with E-state index < -0.39 is 5.41 Å². The van der Waals surface area contributed by atoms with Crippen LogP contribution in [0.4, 0.5) is 0 Å². The van der Waals surface area contributed by atoms with E-state index in [1.54, 1.807) is 20.4 Å². The highest BCUT2D eigenvalue weighted by Crippen LogP contribution is 2.33. The molecule has 2 aromatic rings. The first-order valence-corrected chi connectivity index (χ1v) is 11.0. The fraction of sp³-hybridized carbons (Fsp3) is 0.520. The monoisotopic (exact) mass is 425 g/mol. The molecule has 1 N–H and O–H groups in total. The highest BCUT2D eigenvalue weighted by Gasteiger charge is 2.32. The van der Waals surface area contributed by atoms with Gasteiger partial charge in [0.25, 0.3) is 0 Å². The highest BCUT2D eigenvalue weighted by molar-refractivity contribution is 5.81. The van der Waals surface area contributed by atoms with Crippen LogP contribution in [0.3, 0.4) is 0 Å². The number of hydrogen-bond acceptors (Lipinski definition) is 5. The predicted octanol–water partition coefficient (Wildman–Crippen LogP) is 4.21. The number of hydrogen-bond donors (Lipinski definition) is 1. The molecule has 1 aromatic heterocycles. The maximum Gasteiger partial charge on any atom is 0.225 e. The summed E-state index contributed by atoms with van der Waals surface area (Å²) in [5.74, 6) is 1.94. The van der Waals surface area contributed by atoms with Crippen LogP contribution in [-0.2, 0) is 11.3 Å². The fourth-order valence-corrected chi connectivity index (χ4v) is 4.03. The molecule has 31 heavy (non-hydrogen) atoms. The summed E-state index contributed by atoms with van der Waals surface area (Å²) >= 11 is 0. The van der Waals surface area contributed by atoms with E-state index in [1.165, 1.54) is 5.56 Å². The van der Waals surface area contributed by atoms with Gasteiger partial charge >= 0.3 is 0 Å². The van der Waals surface area contributed by atoms with E-state index in [-0.39, 0.29) is 11.9 Å². The summed E-state index contributed by atoms with van der Waals surface area (Å²) < 4.78 is 10.8. The molecule has 1 aliphatic heterocycles. The summed E-state index contributed by atoms with van der Waals surface area (Å²) in [6, 6.07) is 12.0. The maximum absolute atomic E-state index is 12.7. The smallest absolute Gasteiger partial charge is 0.225 e. The lowest BCUT2D eigenvalue weighted by Crippen LogP contribution is -2.44. The number of pyridine rings is 1. The van der Waals surface area contributed by atoms with Gasteiger partial charge < -0.3 is 14.8 Å². The van der Waals surface area contributed by atoms with E-state index >= 15 is 0 Å². The number of nitrogens with one attached hydrogen (secondary N) is 1. The van der Waals surface area contributed by atoms with Crippen LogP contribution in [0.5, 0.6) is 11.5 Å². The third-order valence-corrected chi connectivity index (χ3v) is 5.93. The minimum absolute atomic E-state index is 0.0591. The van der Waals surface area contributed by atoms with Gasteiger partial charge in [-0.1, -0.05) is 32.9 Å². The van der Waals surface area contributed by atoms with Crippen LogP contribution >= 0.6 is 0 Å². The van der Waals surface area contributed by atoms with Crippen molar-refractivity contribution < 1.29 is 14.3 Å². The quantitative estimate of drug-likeness (QED) is 0.720. The lowest BCUT2D eigenvalue weighted by atomic mass is 9.85. The molecule has 1 aromatic carbocycles. The summed E-state index contributed by atoms with van der Waals surface area (Å²) in [4.78, 5) is 19.8. The Kier molecular flexibility index (Phi) is 7.55. The number of benzene rings is 1. The molecule has 0 aliphatic carbocycles. The molecular weight excluding hydrogens is 390 g/mol. The second-order valence-corrected chi connectivity index (χ2v) is 9.26. The molecule has 0 unspecified atom stereocenters. The minimum atomic E-state index is -0.429. The van der Waals surface area contributed by atoms with Gasteiger partial charge in [0.1, 0.15) is 0 Å². The zero-order valence-electron chi connectivity index (χ0n) is 19.4. The normalized spacial score (nSPS) is 16.5. The van der Waals surface area contributed by atoms with E-state index in [2.05, 4.69) is 21.3 Å². The van der Waals surface area contributed by atoms with Crippen LogP contribution in [0, 0.1) is 11.3 Å². The molecule has 0 spiro atoms. The van der Waals surface area contributed by atoms with Gasteiger partial charge in [-0.25, -0.2) is 0 Å². The Bertz CT molecular complexity index is 856. The van der Waals surface area contributed by atoms with Gasteiger partial charge in [-0.15, -0.1) is 0 Å². The standard InChI is InChI=1S/C25H35N3O3/c1-25(2,3)24(29)27-23(20-8-6-7-13-26-20)19-11-14-28(15-12-19)17-18-9-10-21(30-4)22(16-18)31-5/h6-10,13,16,19,23H,11-12,14-15,17H2,1-5H3,(H,27,29)/t23-/m0/s1. The Hall–Kier alpha value is -2.60. The number of amides is 1. The number of aromatic nitrogens is 1. The largest absolute Gasteiger partial charge is 0.493 e. The number of carbonyl (C=O) groups excluding carboxylic acids is 1. The molecule has 6 heteroatoms. The molecule has 0 saturated carbocycles. The highest BCUT2D eigenvalue weighted by atomic mass is 16.5. The minimum Gasteiger partial charge on any atom is -0.493 e. The molecule has 1 aliphatic rings. The third kappa shape index (κ3) is 5.97. The molecule has 0 radical (unpaired) electrons. The second-order valence-electron chi connectivity index (χ2n) is 9.26. The number of carbonyl (C=O) groups is 1. The second kappa shape index (κ2) is 10.1. The molecule has 1 atom stereocenters. The van der Waals surface area contributed by atoms with E-state index in [9.17, 15) is 4.79 Å². The van der Waals surface area contributed by atoms with Crippen LogP contribution in [-0.4, -0.2) is 43.1 Å². The van der Waals surface area contributed by atoms with E-state index in [1.807, 2.05) is 51.1 Å². The van der Waals surface area contributed by atoms with Crippen LogP contribution in [0.25, 0.3) is 0 Å². The summed E-state index contributed by atoms with van der Waals surface area (Å²) in [6.45, 7) is 8.67. The third-order valence-electron chi connectivity index (χ3n) is 5.93. The number of methoxy groups -OCH3 is 2. The average Bonchev–Trinajstić information content (AvgIpc) is 2.77. The van der Waals surface area contributed by atoms with Crippen molar-refractivity contribution in [2.45, 2.75) is 46.2 Å². The molecule has 1 amide bonds. The zero-order valence-corrected chi connectivity index (χ0v) is 19.4. The van der Waals surface area contributed by atoms with Crippen molar-refractivity contribution in [3.05, 3.63) is 53.9 Å². The van der Waals surface area contributed by atoms with Crippen molar-refractivity contribution in [2.24, 2.45) is 11.3 Å². The van der Waals surface area contributed by atoms with Crippen molar-refractivity contribution >= 4 is 5.91 Å². The van der Waals surface area contributed by atoms with Crippen molar-refractivity contribution in [3.63, 3.8) is 0 Å². The molecule has 6 nitrogen and oxygen atoms in total. The van der Waals surface area contributed by atoms with Crippen molar-refractivity contribution in [2.75, 3.05) is 27.3 Å². The van der Waals surface area contributed by atoms with E-state index in [0.717, 1.165) is 49.7 Å². The fourth-order valence-electron chi connectivity index (χ4n) is 4.03. The first-order chi connectivity index (χ1) is 14.8. The Morgan fingerprint density at radius 3 is 2.42 bits per heavy atom. The van der Waals surface area contributed by atoms with Crippen LogP contribution < -0.4 is 14.8 Å². The van der Waals surface area contributed by atoms with Crippen molar-refractivity contribution in [1.29, 1.82) is 0 Å². The molecular formula is C25H35N3O3. The SMILES string of the molecule is COc1ccc(CN2CCC([C@H](NC(=O)C(C)(C)C)c3ccccn3)CC2)cc1OC. The summed E-state index contributed by atoms with van der Waals surface area (Å²) in [7, 11) is 3.31. The van der Waals surface area contributed by atoms with Gasteiger partial charge in [0.2, 0.25) is 5.91 Å². The Balaban J connectivity index is 1.66. The van der Waals surface area contributed by atoms with Gasteiger partial charge in [0, 0.05) is 18.2 Å². The Morgan fingerprint density at radius 2 is 1.84 bits per heavy atom. The van der Waals surface area contributed by atoms with E-state index in [0.29, 0.717) is 5.92 Å². The average molecular weight is 426 g/mol. The first-order valence-electron chi connectivity index (χ1n) is 11.0. The van der Waals surface area contributed by atoms with Gasteiger partial charge in [-0.05, 0) is 61.7 Å². The number of rotatable bonds is 7. The summed E-state index contributed by atoms with van der Waals surface area (Å²) in [5.41, 5.74) is 1.72. The van der Waals surface area contributed by atoms with Gasteiger partial charge in [-0.3, -0.25) is 14.7 Å². The molecule has 0 bridgehead atoms. The Labute approximate surface area is 186 Å². The van der Waals surface area contributed by atoms with Crippen LogP contribution in [0.15, 0.2) is 42.6 Å². The number of nitrogens with zero attached hydrogens (tertiary/aromatic N) is 2. The van der Waals surface area contributed by atoms with Crippen LogP contribution in [0.1, 0.15) is 50.9 Å². The molecule has 3 rings (SSSR count). The molecule has 2 heterocycles. The number of piperidine rings is 1. The zero-order chi connectivity index (χ0) is 22.4. The van der Waals surface area contributed by atoms with Crippen molar-refractivity contribution in [1.82, 2.24) is 15.2 Å². The predicted molar refractivity (Wildman–Crippen MR) is 122 cm³/mol. The number of ether oxygens (including phenoxy) is 2. The topological polar surface area (TPSA) is 63.7 Å². The lowest BCUT2D eigenvalue weighted by Gasteiger charge is -2.37. The van der Waals surface area contributed by atoms with Gasteiger partial charge in [0.05, 0.1) is 26.0 Å². The molecule has 1 fully saturated rings. The summed E-state index contributed by atoms with van der Waals surface area (Å²) in [6.07, 6.45) is 3.83. The Morgan fingerprint density at radius 1 is 1.13 bits per heavy atom. The lowest BCUT2D eigenvalue weighted by molar-refractivity contribution is -0.129. The summed E-state index contributed by atoms with van der Waals surface area (Å²) in [5, 5.41) is 3.28. The van der Waals surface area contributed by atoms with Crippen molar-refractivity contribution in [3.8, 4) is 11.5 Å². The number of likely N-dealkylation sites (tertiary alicyclic amines) is 1.